The Morgan fingerprint density at radius 3 is 2.79 bits per heavy atom. The maximum atomic E-state index is 12.1. The van der Waals surface area contributed by atoms with Crippen molar-refractivity contribution < 1.29 is 22.7 Å². The molecule has 0 aromatic heterocycles. The Kier molecular flexibility index (Phi) is 6.56. The molecular weight excluding hydrogens is 394 g/mol. The Bertz CT molecular complexity index is 912. The molecule has 1 aliphatic heterocycles. The second kappa shape index (κ2) is 8.94. The van der Waals surface area contributed by atoms with Crippen molar-refractivity contribution >= 4 is 27.7 Å². The molecule has 1 aromatic rings. The van der Waals surface area contributed by atoms with Crippen LogP contribution >= 0.6 is 0 Å². The molecule has 1 saturated carbocycles. The monoisotopic (exact) mass is 421 g/mol. The average molecular weight is 422 g/mol. The summed E-state index contributed by atoms with van der Waals surface area (Å²) in [5.41, 5.74) is 0.482. The van der Waals surface area contributed by atoms with Gasteiger partial charge in [0.2, 0.25) is 0 Å². The number of benzene rings is 1. The Morgan fingerprint density at radius 1 is 1.24 bits per heavy atom. The van der Waals surface area contributed by atoms with Crippen LogP contribution in [0.2, 0.25) is 0 Å². The van der Waals surface area contributed by atoms with Gasteiger partial charge in [0.15, 0.2) is 6.61 Å². The van der Waals surface area contributed by atoms with Crippen molar-refractivity contribution in [2.24, 2.45) is 16.8 Å². The van der Waals surface area contributed by atoms with Gasteiger partial charge < -0.3 is 10.1 Å². The van der Waals surface area contributed by atoms with Crippen LogP contribution in [0, 0.1) is 11.8 Å². The predicted octanol–water partition coefficient (Wildman–Crippen LogP) is 1.60. The van der Waals surface area contributed by atoms with Gasteiger partial charge >= 0.3 is 5.97 Å². The van der Waals surface area contributed by atoms with Crippen molar-refractivity contribution in [1.29, 1.82) is 0 Å². The van der Waals surface area contributed by atoms with Crippen LogP contribution in [-0.2, 0) is 24.3 Å². The van der Waals surface area contributed by atoms with Crippen LogP contribution in [0.4, 0.5) is 0 Å². The summed E-state index contributed by atoms with van der Waals surface area (Å²) in [4.78, 5) is 28.3. The van der Waals surface area contributed by atoms with Crippen molar-refractivity contribution in [1.82, 2.24) is 10.0 Å². The van der Waals surface area contributed by atoms with Crippen LogP contribution in [-0.4, -0.2) is 45.3 Å². The topological polar surface area (TPSA) is 114 Å². The lowest BCUT2D eigenvalue weighted by molar-refractivity contribution is -0.148. The van der Waals surface area contributed by atoms with E-state index < -0.39 is 16.0 Å². The number of carbonyl (C=O) groups excluding carboxylic acids is 2. The number of aliphatic imine (C=N–C) groups is 1. The van der Waals surface area contributed by atoms with Gasteiger partial charge in [-0.1, -0.05) is 38.8 Å². The molecule has 2 N–H and O–H groups in total. The van der Waals surface area contributed by atoms with Crippen molar-refractivity contribution in [3.05, 3.63) is 29.8 Å². The molecule has 0 bridgehead atoms. The van der Waals surface area contributed by atoms with Crippen molar-refractivity contribution in [2.75, 3.05) is 13.2 Å². The number of sulfonamides is 1. The minimum atomic E-state index is -3.60. The lowest BCUT2D eigenvalue weighted by atomic mass is 9.78. The number of carbonyl (C=O) groups is 2. The quantitative estimate of drug-likeness (QED) is 0.677. The second-order valence-corrected chi connectivity index (χ2v) is 9.33. The predicted molar refractivity (Wildman–Crippen MR) is 108 cm³/mol. The fourth-order valence-electron chi connectivity index (χ4n) is 3.76. The summed E-state index contributed by atoms with van der Waals surface area (Å²) >= 11 is 0. The van der Waals surface area contributed by atoms with E-state index >= 15 is 0 Å². The molecule has 9 heteroatoms. The van der Waals surface area contributed by atoms with E-state index in [0.717, 1.165) is 12.8 Å². The molecule has 0 spiro atoms. The van der Waals surface area contributed by atoms with E-state index in [0.29, 0.717) is 17.4 Å². The molecule has 29 heavy (non-hydrogen) atoms. The smallest absolute Gasteiger partial charge is 0.308 e. The zero-order valence-corrected chi connectivity index (χ0v) is 17.5. The summed E-state index contributed by atoms with van der Waals surface area (Å²) in [5, 5.41) is 2.95. The highest BCUT2D eigenvalue weighted by Crippen LogP contribution is 2.29. The molecular formula is C20H27N3O5S. The highest BCUT2D eigenvalue weighted by atomic mass is 32.2. The standard InChI is InChI=1S/C20H27N3O5S/c1-13-6-5-8-16(14(13)2)22-18(24)12-28-19(25)10-11-21-20-15-7-3-4-9-17(15)29(26,27)23-20/h3-4,7,9,13-14,16H,5-6,8,10-12H2,1-2H3,(H,21,23)(H,22,24)/t13-,14-,16-/m1/s1. The fraction of sp³-hybridized carbons (Fsp3) is 0.550. The summed E-state index contributed by atoms with van der Waals surface area (Å²) < 4.78 is 31.4. The van der Waals surface area contributed by atoms with E-state index in [-0.39, 0.29) is 42.3 Å². The molecule has 0 radical (unpaired) electrons. The average Bonchev–Trinajstić information content (AvgIpc) is 2.95. The molecule has 1 aromatic carbocycles. The number of amides is 1. The third-order valence-corrected chi connectivity index (χ3v) is 7.06. The molecule has 1 fully saturated rings. The molecule has 3 atom stereocenters. The van der Waals surface area contributed by atoms with E-state index in [1.54, 1.807) is 18.2 Å². The molecule has 2 aliphatic rings. The third-order valence-electron chi connectivity index (χ3n) is 5.67. The number of hydrogen-bond acceptors (Lipinski definition) is 6. The van der Waals surface area contributed by atoms with Crippen LogP contribution in [0.5, 0.6) is 0 Å². The third kappa shape index (κ3) is 5.14. The Hall–Kier alpha value is -2.42. The van der Waals surface area contributed by atoms with E-state index in [2.05, 4.69) is 28.9 Å². The lowest BCUT2D eigenvalue weighted by Gasteiger charge is -2.34. The summed E-state index contributed by atoms with van der Waals surface area (Å²) in [7, 11) is -3.60. The Morgan fingerprint density at radius 2 is 2.00 bits per heavy atom. The minimum Gasteiger partial charge on any atom is -0.456 e. The number of hydrogen-bond donors (Lipinski definition) is 2. The SMILES string of the molecule is C[C@@H]1[C@H](C)CCC[C@H]1NC(=O)COC(=O)CCN=C1NS(=O)(=O)c2ccccc21. The van der Waals surface area contributed by atoms with Gasteiger partial charge in [0, 0.05) is 11.6 Å². The summed E-state index contributed by atoms with van der Waals surface area (Å²) in [5.74, 6) is 0.328. The molecule has 158 valence electrons. The molecule has 1 heterocycles. The van der Waals surface area contributed by atoms with Crippen LogP contribution in [0.15, 0.2) is 34.2 Å². The van der Waals surface area contributed by atoms with E-state index in [1.165, 1.54) is 12.5 Å². The second-order valence-electron chi connectivity index (χ2n) is 7.68. The van der Waals surface area contributed by atoms with Crippen molar-refractivity contribution in [3.63, 3.8) is 0 Å². The first-order valence-corrected chi connectivity index (χ1v) is 11.4. The Labute approximate surface area is 171 Å². The molecule has 0 unspecified atom stereocenters. The van der Waals surface area contributed by atoms with E-state index in [4.69, 9.17) is 4.74 Å². The fourth-order valence-corrected chi connectivity index (χ4v) is 5.01. The summed E-state index contributed by atoms with van der Waals surface area (Å²) in [6, 6.07) is 6.63. The largest absolute Gasteiger partial charge is 0.456 e. The van der Waals surface area contributed by atoms with Gasteiger partial charge in [-0.25, -0.2) is 8.42 Å². The molecule has 8 nitrogen and oxygen atoms in total. The summed E-state index contributed by atoms with van der Waals surface area (Å²) in [6.07, 6.45) is 3.16. The van der Waals surface area contributed by atoms with Gasteiger partial charge in [-0.15, -0.1) is 0 Å². The van der Waals surface area contributed by atoms with Crippen LogP contribution in [0.1, 0.15) is 45.1 Å². The van der Waals surface area contributed by atoms with Crippen LogP contribution in [0.3, 0.4) is 0 Å². The Balaban J connectivity index is 1.44. The maximum Gasteiger partial charge on any atom is 0.308 e. The molecule has 3 rings (SSSR count). The molecule has 1 aliphatic carbocycles. The number of nitrogens with zero attached hydrogens (tertiary/aromatic N) is 1. The number of ether oxygens (including phenoxy) is 1. The number of fused-ring (bicyclic) bond motifs is 1. The van der Waals surface area contributed by atoms with Gasteiger partial charge in [-0.05, 0) is 30.4 Å². The van der Waals surface area contributed by atoms with Gasteiger partial charge in [0.1, 0.15) is 5.84 Å². The normalized spacial score (nSPS) is 26.4. The van der Waals surface area contributed by atoms with Gasteiger partial charge in [0.05, 0.1) is 17.9 Å². The zero-order valence-electron chi connectivity index (χ0n) is 16.7. The van der Waals surface area contributed by atoms with E-state index in [1.807, 2.05) is 0 Å². The van der Waals surface area contributed by atoms with Crippen LogP contribution < -0.4 is 10.0 Å². The number of rotatable bonds is 6. The highest BCUT2D eigenvalue weighted by molar-refractivity contribution is 7.90. The first-order chi connectivity index (χ1) is 13.8. The lowest BCUT2D eigenvalue weighted by Crippen LogP contribution is -2.45. The van der Waals surface area contributed by atoms with Gasteiger partial charge in [-0.2, -0.15) is 0 Å². The minimum absolute atomic E-state index is 0.0441. The maximum absolute atomic E-state index is 12.1. The first-order valence-electron chi connectivity index (χ1n) is 9.89. The molecule has 1 amide bonds. The summed E-state index contributed by atoms with van der Waals surface area (Å²) in [6.45, 7) is 4.06. The van der Waals surface area contributed by atoms with Crippen LogP contribution in [0.25, 0.3) is 0 Å². The first kappa shape index (κ1) is 21.3. The zero-order chi connectivity index (χ0) is 21.0. The van der Waals surface area contributed by atoms with Crippen molar-refractivity contribution in [2.45, 2.75) is 50.5 Å². The number of esters is 1. The highest BCUT2D eigenvalue weighted by Gasteiger charge is 2.30. The number of amidine groups is 1. The van der Waals surface area contributed by atoms with Crippen molar-refractivity contribution in [3.8, 4) is 0 Å². The van der Waals surface area contributed by atoms with Gasteiger partial charge in [0.25, 0.3) is 15.9 Å². The number of nitrogens with one attached hydrogen (secondary N) is 2. The van der Waals surface area contributed by atoms with Gasteiger partial charge in [-0.3, -0.25) is 19.3 Å². The molecule has 0 saturated heterocycles. The van der Waals surface area contributed by atoms with E-state index in [9.17, 15) is 18.0 Å².